The summed E-state index contributed by atoms with van der Waals surface area (Å²) in [5.74, 6) is -0.190. The van der Waals surface area contributed by atoms with Gasteiger partial charge in [-0.3, -0.25) is 14.5 Å². The normalized spacial score (nSPS) is 19.2. The van der Waals surface area contributed by atoms with E-state index in [1.54, 1.807) is 24.5 Å². The summed E-state index contributed by atoms with van der Waals surface area (Å²) >= 11 is 0. The second kappa shape index (κ2) is 8.70. The average Bonchev–Trinajstić information content (AvgIpc) is 3.42. The number of carbonyl (C=O) groups is 1. The van der Waals surface area contributed by atoms with Crippen molar-refractivity contribution in [3.63, 3.8) is 0 Å². The molecule has 1 saturated carbocycles. The lowest BCUT2D eigenvalue weighted by molar-refractivity contribution is 0.102. The lowest BCUT2D eigenvalue weighted by atomic mass is 9.87. The summed E-state index contributed by atoms with van der Waals surface area (Å²) < 4.78 is 33.8. The Morgan fingerprint density at radius 3 is 2.67 bits per heavy atom. The van der Waals surface area contributed by atoms with Crippen LogP contribution in [-0.4, -0.2) is 37.4 Å². The van der Waals surface area contributed by atoms with E-state index in [0.29, 0.717) is 5.56 Å². The van der Waals surface area contributed by atoms with Gasteiger partial charge in [0, 0.05) is 30.8 Å². The number of rotatable bonds is 6. The number of aliphatic hydroxyl groups is 1. The van der Waals surface area contributed by atoms with Gasteiger partial charge in [0.2, 0.25) is 5.89 Å². The SMILES string of the molecule is O=C(Nc1cn(C2CCC(CO)CC2)nc1C(F)F)c1coc(-c2ccncc2)n1. The number of aromatic nitrogens is 4. The molecular formula is C20H21F2N5O3. The summed E-state index contributed by atoms with van der Waals surface area (Å²) in [6.07, 6.45) is 6.00. The third-order valence-corrected chi connectivity index (χ3v) is 5.33. The summed E-state index contributed by atoms with van der Waals surface area (Å²) in [7, 11) is 0. The van der Waals surface area contributed by atoms with Crippen LogP contribution < -0.4 is 5.32 Å². The van der Waals surface area contributed by atoms with Crippen molar-refractivity contribution in [2.75, 3.05) is 11.9 Å². The predicted molar refractivity (Wildman–Crippen MR) is 103 cm³/mol. The highest BCUT2D eigenvalue weighted by Crippen LogP contribution is 2.34. The van der Waals surface area contributed by atoms with Crippen LogP contribution in [0.4, 0.5) is 14.5 Å². The van der Waals surface area contributed by atoms with Gasteiger partial charge in [-0.2, -0.15) is 5.10 Å². The smallest absolute Gasteiger partial charge is 0.284 e. The minimum atomic E-state index is -2.83. The molecule has 2 N–H and O–H groups in total. The summed E-state index contributed by atoms with van der Waals surface area (Å²) in [4.78, 5) is 20.6. The van der Waals surface area contributed by atoms with Crippen LogP contribution in [0.25, 0.3) is 11.5 Å². The number of oxazole rings is 1. The molecular weight excluding hydrogens is 396 g/mol. The number of aliphatic hydroxyl groups excluding tert-OH is 1. The zero-order valence-electron chi connectivity index (χ0n) is 16.0. The van der Waals surface area contributed by atoms with Crippen molar-refractivity contribution in [3.8, 4) is 11.5 Å². The second-order valence-electron chi connectivity index (χ2n) is 7.29. The first-order chi connectivity index (χ1) is 14.5. The number of carbonyl (C=O) groups excluding carboxylic acids is 1. The largest absolute Gasteiger partial charge is 0.444 e. The molecule has 3 heterocycles. The molecule has 0 spiro atoms. The number of anilines is 1. The van der Waals surface area contributed by atoms with E-state index in [-0.39, 0.29) is 35.8 Å². The Bertz CT molecular complexity index is 997. The highest BCUT2D eigenvalue weighted by molar-refractivity contribution is 6.03. The highest BCUT2D eigenvalue weighted by Gasteiger charge is 2.27. The first-order valence-electron chi connectivity index (χ1n) is 9.70. The molecule has 4 rings (SSSR count). The molecule has 1 fully saturated rings. The molecule has 3 aromatic rings. The number of amides is 1. The number of hydrogen-bond acceptors (Lipinski definition) is 6. The van der Waals surface area contributed by atoms with Crippen LogP contribution in [-0.2, 0) is 0 Å². The lowest BCUT2D eigenvalue weighted by Gasteiger charge is -2.27. The quantitative estimate of drug-likeness (QED) is 0.631. The van der Waals surface area contributed by atoms with Crippen molar-refractivity contribution in [2.24, 2.45) is 5.92 Å². The van der Waals surface area contributed by atoms with Crippen LogP contribution in [0, 0.1) is 5.92 Å². The zero-order valence-corrected chi connectivity index (χ0v) is 16.0. The van der Waals surface area contributed by atoms with Gasteiger partial charge in [-0.15, -0.1) is 0 Å². The van der Waals surface area contributed by atoms with E-state index in [1.165, 1.54) is 17.1 Å². The summed E-state index contributed by atoms with van der Waals surface area (Å²) in [5, 5.41) is 15.8. The van der Waals surface area contributed by atoms with Crippen LogP contribution in [0.5, 0.6) is 0 Å². The Kier molecular flexibility index (Phi) is 5.84. The van der Waals surface area contributed by atoms with Gasteiger partial charge in [0.05, 0.1) is 11.7 Å². The average molecular weight is 417 g/mol. The molecule has 0 unspecified atom stereocenters. The maximum absolute atomic E-state index is 13.5. The number of alkyl halides is 2. The van der Waals surface area contributed by atoms with Gasteiger partial charge < -0.3 is 14.8 Å². The van der Waals surface area contributed by atoms with Crippen molar-refractivity contribution < 1.29 is 23.1 Å². The van der Waals surface area contributed by atoms with Crippen molar-refractivity contribution in [1.82, 2.24) is 19.7 Å². The molecule has 0 bridgehead atoms. The third-order valence-electron chi connectivity index (χ3n) is 5.33. The van der Waals surface area contributed by atoms with Gasteiger partial charge in [-0.25, -0.2) is 13.8 Å². The van der Waals surface area contributed by atoms with Crippen LogP contribution in [0.15, 0.2) is 41.4 Å². The molecule has 1 aliphatic rings. The molecule has 0 aromatic carbocycles. The topological polar surface area (TPSA) is 106 Å². The van der Waals surface area contributed by atoms with Gasteiger partial charge >= 0.3 is 0 Å². The van der Waals surface area contributed by atoms with Crippen LogP contribution in [0.1, 0.15) is 54.3 Å². The van der Waals surface area contributed by atoms with Crippen molar-refractivity contribution in [3.05, 3.63) is 48.4 Å². The maximum atomic E-state index is 13.5. The number of nitrogens with one attached hydrogen (secondary N) is 1. The van der Waals surface area contributed by atoms with Gasteiger partial charge in [0.15, 0.2) is 11.4 Å². The molecule has 30 heavy (non-hydrogen) atoms. The Morgan fingerprint density at radius 2 is 2.00 bits per heavy atom. The predicted octanol–water partition coefficient (Wildman–Crippen LogP) is 3.85. The van der Waals surface area contributed by atoms with E-state index in [1.807, 2.05) is 0 Å². The molecule has 0 radical (unpaired) electrons. The Balaban J connectivity index is 1.50. The Hall–Kier alpha value is -3.14. The lowest BCUT2D eigenvalue weighted by Crippen LogP contribution is -2.20. The minimum absolute atomic E-state index is 0.0294. The third kappa shape index (κ3) is 4.23. The molecule has 1 aliphatic carbocycles. The molecule has 158 valence electrons. The zero-order chi connectivity index (χ0) is 21.1. The van der Waals surface area contributed by atoms with Crippen molar-refractivity contribution >= 4 is 11.6 Å². The summed E-state index contributed by atoms with van der Waals surface area (Å²) in [6, 6.07) is 3.32. The van der Waals surface area contributed by atoms with Crippen molar-refractivity contribution in [2.45, 2.75) is 38.2 Å². The molecule has 8 nitrogen and oxygen atoms in total. The summed E-state index contributed by atoms with van der Waals surface area (Å²) in [6.45, 7) is 0.134. The fraction of sp³-hybridized carbons (Fsp3) is 0.400. The second-order valence-corrected chi connectivity index (χ2v) is 7.29. The van der Waals surface area contributed by atoms with E-state index < -0.39 is 18.0 Å². The van der Waals surface area contributed by atoms with E-state index >= 15 is 0 Å². The maximum Gasteiger partial charge on any atom is 0.284 e. The summed E-state index contributed by atoms with van der Waals surface area (Å²) in [5.41, 5.74) is 0.0834. The fourth-order valence-corrected chi connectivity index (χ4v) is 3.63. The minimum Gasteiger partial charge on any atom is -0.444 e. The standard InChI is InChI=1S/C20H21F2N5O3/c21-18(22)17-15(9-27(26-17)14-3-1-12(10-28)2-4-14)24-19(29)16-11-30-20(25-16)13-5-7-23-8-6-13/h5-9,11-12,14,18,28H,1-4,10H2,(H,24,29). The first kappa shape index (κ1) is 20.1. The first-order valence-corrected chi connectivity index (χ1v) is 9.70. The Morgan fingerprint density at radius 1 is 1.27 bits per heavy atom. The molecule has 0 saturated heterocycles. The van der Waals surface area contributed by atoms with Gasteiger partial charge in [0.25, 0.3) is 12.3 Å². The van der Waals surface area contributed by atoms with Crippen molar-refractivity contribution in [1.29, 1.82) is 0 Å². The molecule has 10 heteroatoms. The molecule has 0 aliphatic heterocycles. The monoisotopic (exact) mass is 417 g/mol. The van der Waals surface area contributed by atoms with E-state index in [9.17, 15) is 18.7 Å². The number of nitrogens with zero attached hydrogens (tertiary/aromatic N) is 4. The fourth-order valence-electron chi connectivity index (χ4n) is 3.63. The van der Waals surface area contributed by atoms with Crippen LogP contribution in [0.2, 0.25) is 0 Å². The number of hydrogen-bond donors (Lipinski definition) is 2. The number of halogens is 2. The van der Waals surface area contributed by atoms with Crippen LogP contribution in [0.3, 0.4) is 0 Å². The molecule has 0 atom stereocenters. The van der Waals surface area contributed by atoms with Gasteiger partial charge in [-0.1, -0.05) is 0 Å². The van der Waals surface area contributed by atoms with Gasteiger partial charge in [-0.05, 0) is 43.7 Å². The van der Waals surface area contributed by atoms with Crippen LogP contribution >= 0.6 is 0 Å². The Labute approximate surface area is 171 Å². The molecule has 3 aromatic heterocycles. The van der Waals surface area contributed by atoms with E-state index in [4.69, 9.17) is 4.42 Å². The van der Waals surface area contributed by atoms with E-state index in [2.05, 4.69) is 20.4 Å². The van der Waals surface area contributed by atoms with E-state index in [0.717, 1.165) is 25.7 Å². The number of pyridine rings is 1. The van der Waals surface area contributed by atoms with Gasteiger partial charge in [0.1, 0.15) is 6.26 Å². The highest BCUT2D eigenvalue weighted by atomic mass is 19.3. The molecule has 1 amide bonds.